The van der Waals surface area contributed by atoms with Gasteiger partial charge in [0, 0.05) is 12.1 Å². The summed E-state index contributed by atoms with van der Waals surface area (Å²) < 4.78 is 5.26. The van der Waals surface area contributed by atoms with E-state index in [1.165, 1.54) is 0 Å². The van der Waals surface area contributed by atoms with E-state index in [2.05, 4.69) is 18.1 Å². The highest BCUT2D eigenvalue weighted by molar-refractivity contribution is 5.41. The molecule has 0 aliphatic carbocycles. The maximum atomic E-state index is 5.26. The van der Waals surface area contributed by atoms with Gasteiger partial charge >= 0.3 is 0 Å². The SMILES string of the molecule is C=Cc1cccc(CC(=C)OCC)n1.CC. The highest BCUT2D eigenvalue weighted by Crippen LogP contribution is 2.06. The zero-order valence-electron chi connectivity index (χ0n) is 10.5. The fraction of sp³-hybridized carbons (Fsp3) is 0.357. The van der Waals surface area contributed by atoms with Gasteiger partial charge in [0.25, 0.3) is 0 Å². The Hall–Kier alpha value is -1.57. The van der Waals surface area contributed by atoms with Crippen molar-refractivity contribution in [1.82, 2.24) is 4.98 Å². The lowest BCUT2D eigenvalue weighted by Gasteiger charge is -2.06. The Balaban J connectivity index is 0.00000106. The monoisotopic (exact) mass is 219 g/mol. The molecule has 0 amide bonds. The first-order chi connectivity index (χ1) is 7.76. The quantitative estimate of drug-likeness (QED) is 0.702. The number of aromatic nitrogens is 1. The van der Waals surface area contributed by atoms with Crippen molar-refractivity contribution in [2.24, 2.45) is 0 Å². The number of hydrogen-bond acceptors (Lipinski definition) is 2. The number of hydrogen-bond donors (Lipinski definition) is 0. The average molecular weight is 219 g/mol. The Morgan fingerprint density at radius 2 is 2.12 bits per heavy atom. The fourth-order valence-electron chi connectivity index (χ4n) is 1.17. The molecule has 0 N–H and O–H groups in total. The van der Waals surface area contributed by atoms with Crippen LogP contribution in [0.1, 0.15) is 32.2 Å². The second-order valence-electron chi connectivity index (χ2n) is 2.91. The van der Waals surface area contributed by atoms with Crippen molar-refractivity contribution in [3.63, 3.8) is 0 Å². The van der Waals surface area contributed by atoms with Crippen LogP contribution in [0.15, 0.2) is 37.1 Å². The van der Waals surface area contributed by atoms with E-state index in [1.807, 2.05) is 39.0 Å². The molecule has 0 aromatic carbocycles. The van der Waals surface area contributed by atoms with E-state index in [9.17, 15) is 0 Å². The standard InChI is InChI=1S/C12H15NO.C2H6/c1-4-11-7-6-8-12(13-11)9-10(3)14-5-2;1-2/h4,6-8H,1,3,5,9H2,2H3;1-2H3. The summed E-state index contributed by atoms with van der Waals surface area (Å²) in [5.74, 6) is 0.751. The molecule has 0 unspecified atom stereocenters. The predicted molar refractivity (Wildman–Crippen MR) is 70.1 cm³/mol. The fourth-order valence-corrected chi connectivity index (χ4v) is 1.17. The lowest BCUT2D eigenvalue weighted by molar-refractivity contribution is 0.224. The summed E-state index contributed by atoms with van der Waals surface area (Å²) >= 11 is 0. The van der Waals surface area contributed by atoms with Gasteiger partial charge in [0.1, 0.15) is 0 Å². The third kappa shape index (κ3) is 5.35. The van der Waals surface area contributed by atoms with Crippen molar-refractivity contribution in [3.05, 3.63) is 48.5 Å². The average Bonchev–Trinajstić information content (AvgIpc) is 2.32. The maximum absolute atomic E-state index is 5.26. The summed E-state index contributed by atoms with van der Waals surface area (Å²) in [6.07, 6.45) is 2.39. The van der Waals surface area contributed by atoms with Gasteiger partial charge in [-0.05, 0) is 25.1 Å². The number of rotatable bonds is 5. The number of pyridine rings is 1. The molecule has 88 valence electrons. The molecule has 0 radical (unpaired) electrons. The minimum atomic E-state index is 0.653. The van der Waals surface area contributed by atoms with Gasteiger partial charge in [-0.25, -0.2) is 0 Å². The van der Waals surface area contributed by atoms with Crippen molar-refractivity contribution < 1.29 is 4.74 Å². The summed E-state index contributed by atoms with van der Waals surface area (Å²) in [7, 11) is 0. The predicted octanol–water partition coefficient (Wildman–Crippen LogP) is 3.84. The van der Waals surface area contributed by atoms with E-state index in [4.69, 9.17) is 4.74 Å². The molecule has 0 saturated carbocycles. The molecule has 1 aromatic heterocycles. The molecule has 0 atom stereocenters. The Morgan fingerprint density at radius 1 is 1.44 bits per heavy atom. The highest BCUT2D eigenvalue weighted by atomic mass is 16.5. The van der Waals surface area contributed by atoms with E-state index < -0.39 is 0 Å². The molecule has 0 fully saturated rings. The highest BCUT2D eigenvalue weighted by Gasteiger charge is 1.99. The van der Waals surface area contributed by atoms with Crippen LogP contribution in [0.5, 0.6) is 0 Å². The van der Waals surface area contributed by atoms with E-state index >= 15 is 0 Å². The van der Waals surface area contributed by atoms with Crippen LogP contribution in [0.3, 0.4) is 0 Å². The van der Waals surface area contributed by atoms with Gasteiger partial charge in [0.05, 0.1) is 18.1 Å². The molecule has 2 heteroatoms. The molecule has 0 saturated heterocycles. The Labute approximate surface area is 98.7 Å². The van der Waals surface area contributed by atoms with E-state index in [-0.39, 0.29) is 0 Å². The molecule has 1 rings (SSSR count). The Kier molecular flexibility index (Phi) is 7.86. The largest absolute Gasteiger partial charge is 0.498 e. The van der Waals surface area contributed by atoms with Gasteiger partial charge in [0.2, 0.25) is 0 Å². The third-order valence-corrected chi connectivity index (χ3v) is 1.76. The van der Waals surface area contributed by atoms with Crippen LogP contribution in [-0.2, 0) is 11.2 Å². The number of nitrogens with zero attached hydrogens (tertiary/aromatic N) is 1. The maximum Gasteiger partial charge on any atom is 0.0947 e. The minimum absolute atomic E-state index is 0.653. The molecular formula is C14H21NO. The van der Waals surface area contributed by atoms with Gasteiger partial charge < -0.3 is 4.74 Å². The molecule has 0 aliphatic heterocycles. The van der Waals surface area contributed by atoms with Gasteiger partial charge in [-0.15, -0.1) is 0 Å². The van der Waals surface area contributed by atoms with E-state index in [0.717, 1.165) is 17.1 Å². The second-order valence-corrected chi connectivity index (χ2v) is 2.91. The zero-order valence-corrected chi connectivity index (χ0v) is 10.5. The molecular weight excluding hydrogens is 198 g/mol. The third-order valence-electron chi connectivity index (χ3n) is 1.76. The Morgan fingerprint density at radius 3 is 2.69 bits per heavy atom. The molecule has 1 heterocycles. The van der Waals surface area contributed by atoms with Gasteiger partial charge in [0.15, 0.2) is 0 Å². The van der Waals surface area contributed by atoms with Crippen LogP contribution >= 0.6 is 0 Å². The van der Waals surface area contributed by atoms with E-state index in [1.54, 1.807) is 6.08 Å². The topological polar surface area (TPSA) is 22.1 Å². The second kappa shape index (κ2) is 8.72. The summed E-state index contributed by atoms with van der Waals surface area (Å²) in [6.45, 7) is 14.1. The molecule has 2 nitrogen and oxygen atoms in total. The molecule has 1 aromatic rings. The van der Waals surface area contributed by atoms with Gasteiger partial charge in [-0.1, -0.05) is 33.1 Å². The zero-order chi connectivity index (χ0) is 12.4. The summed E-state index contributed by atoms with van der Waals surface area (Å²) in [4.78, 5) is 4.35. The molecule has 0 bridgehead atoms. The first-order valence-corrected chi connectivity index (χ1v) is 5.65. The summed E-state index contributed by atoms with van der Waals surface area (Å²) in [6, 6.07) is 5.83. The number of ether oxygens (including phenoxy) is 1. The lowest BCUT2D eigenvalue weighted by Crippen LogP contribution is -1.97. The van der Waals surface area contributed by atoms with Crippen molar-refractivity contribution in [3.8, 4) is 0 Å². The first-order valence-electron chi connectivity index (χ1n) is 5.65. The minimum Gasteiger partial charge on any atom is -0.498 e. The van der Waals surface area contributed by atoms with Gasteiger partial charge in [-0.2, -0.15) is 0 Å². The number of allylic oxidation sites excluding steroid dienone is 1. The molecule has 16 heavy (non-hydrogen) atoms. The Bertz CT molecular complexity index is 331. The smallest absolute Gasteiger partial charge is 0.0947 e. The van der Waals surface area contributed by atoms with Crippen LogP contribution in [0.2, 0.25) is 0 Å². The van der Waals surface area contributed by atoms with Crippen molar-refractivity contribution >= 4 is 6.08 Å². The van der Waals surface area contributed by atoms with Crippen molar-refractivity contribution in [2.75, 3.05) is 6.61 Å². The molecule has 0 aliphatic rings. The lowest BCUT2D eigenvalue weighted by atomic mass is 10.2. The van der Waals surface area contributed by atoms with Gasteiger partial charge in [-0.3, -0.25) is 4.98 Å². The van der Waals surface area contributed by atoms with E-state index in [0.29, 0.717) is 13.0 Å². The van der Waals surface area contributed by atoms with Crippen LogP contribution in [-0.4, -0.2) is 11.6 Å². The summed E-state index contributed by atoms with van der Waals surface area (Å²) in [5.41, 5.74) is 1.84. The van der Waals surface area contributed by atoms with Crippen LogP contribution < -0.4 is 0 Å². The molecule has 0 spiro atoms. The van der Waals surface area contributed by atoms with Crippen molar-refractivity contribution in [2.45, 2.75) is 27.2 Å². The van der Waals surface area contributed by atoms with Crippen LogP contribution in [0.25, 0.3) is 6.08 Å². The first kappa shape index (κ1) is 14.4. The van der Waals surface area contributed by atoms with Crippen molar-refractivity contribution in [1.29, 1.82) is 0 Å². The van der Waals surface area contributed by atoms with Crippen LogP contribution in [0, 0.1) is 0 Å². The normalized spacial score (nSPS) is 8.69. The summed E-state index contributed by atoms with van der Waals surface area (Å²) in [5, 5.41) is 0. The van der Waals surface area contributed by atoms with Crippen LogP contribution in [0.4, 0.5) is 0 Å².